The van der Waals surface area contributed by atoms with Gasteiger partial charge in [0.25, 0.3) is 0 Å². The van der Waals surface area contributed by atoms with Gasteiger partial charge in [-0.05, 0) is 43.6 Å². The van der Waals surface area contributed by atoms with E-state index in [9.17, 15) is 13.2 Å². The Hall–Kier alpha value is -0.940. The van der Waals surface area contributed by atoms with Gasteiger partial charge in [-0.2, -0.15) is 13.2 Å². The van der Waals surface area contributed by atoms with Gasteiger partial charge in [0.05, 0.1) is 5.92 Å². The number of rotatable bonds is 2. The van der Waals surface area contributed by atoms with Crippen LogP contribution >= 0.6 is 11.6 Å². The molecule has 1 fully saturated rings. The summed E-state index contributed by atoms with van der Waals surface area (Å²) in [6, 6.07) is 5.24. The lowest BCUT2D eigenvalue weighted by Gasteiger charge is -2.33. The molecule has 0 amide bonds. The molecule has 1 aliphatic rings. The Bertz CT molecular complexity index is 440. The number of hydrogen-bond acceptors (Lipinski definition) is 2. The standard InChI is InChI=1S/C13H16ClF3N2/c14-11-2-1-9(12(18)7-11)8-19-5-3-10(4-6-19)13(15,16)17/h1-2,7,10H,3-6,8,18H2. The number of benzene rings is 1. The summed E-state index contributed by atoms with van der Waals surface area (Å²) in [6.07, 6.45) is -3.74. The SMILES string of the molecule is Nc1cc(Cl)ccc1CN1CCC(C(F)(F)F)CC1. The largest absolute Gasteiger partial charge is 0.398 e. The molecular weight excluding hydrogens is 277 g/mol. The first-order valence-corrected chi connectivity index (χ1v) is 6.57. The third-order valence-corrected chi connectivity index (χ3v) is 3.79. The summed E-state index contributed by atoms with van der Waals surface area (Å²) in [5, 5.41) is 0.567. The summed E-state index contributed by atoms with van der Waals surface area (Å²) in [5.41, 5.74) is 7.34. The molecule has 106 valence electrons. The van der Waals surface area contributed by atoms with Crippen LogP contribution in [0.2, 0.25) is 5.02 Å². The number of nitrogens with two attached hydrogens (primary N) is 1. The molecule has 1 aromatic rings. The molecule has 2 nitrogen and oxygen atoms in total. The Kier molecular flexibility index (Phi) is 4.26. The van der Waals surface area contributed by atoms with Crippen molar-refractivity contribution in [1.29, 1.82) is 0 Å². The van der Waals surface area contributed by atoms with E-state index < -0.39 is 12.1 Å². The van der Waals surface area contributed by atoms with Crippen LogP contribution in [0.1, 0.15) is 18.4 Å². The number of likely N-dealkylation sites (tertiary alicyclic amines) is 1. The van der Waals surface area contributed by atoms with E-state index in [1.807, 2.05) is 11.0 Å². The number of nitrogens with zero attached hydrogens (tertiary/aromatic N) is 1. The third-order valence-electron chi connectivity index (χ3n) is 3.55. The minimum atomic E-state index is -4.06. The number of halogens is 4. The molecule has 0 aliphatic carbocycles. The molecular formula is C13H16ClF3N2. The second-order valence-electron chi connectivity index (χ2n) is 4.94. The highest BCUT2D eigenvalue weighted by Crippen LogP contribution is 2.34. The smallest absolute Gasteiger partial charge is 0.391 e. The molecule has 0 bridgehead atoms. The first-order chi connectivity index (χ1) is 8.86. The molecule has 6 heteroatoms. The van der Waals surface area contributed by atoms with E-state index in [2.05, 4.69) is 0 Å². The van der Waals surface area contributed by atoms with Crippen LogP contribution in [0.5, 0.6) is 0 Å². The molecule has 0 saturated carbocycles. The van der Waals surface area contributed by atoms with E-state index in [0.29, 0.717) is 30.3 Å². The van der Waals surface area contributed by atoms with Gasteiger partial charge < -0.3 is 5.73 Å². The van der Waals surface area contributed by atoms with Gasteiger partial charge in [-0.15, -0.1) is 0 Å². The van der Waals surface area contributed by atoms with Gasteiger partial charge in [0.15, 0.2) is 0 Å². The molecule has 1 aromatic carbocycles. The summed E-state index contributed by atoms with van der Waals surface area (Å²) in [4.78, 5) is 2.00. The van der Waals surface area contributed by atoms with Crippen molar-refractivity contribution in [2.75, 3.05) is 18.8 Å². The molecule has 0 spiro atoms. The normalized spacial score (nSPS) is 18.7. The van der Waals surface area contributed by atoms with Crippen molar-refractivity contribution >= 4 is 17.3 Å². The zero-order chi connectivity index (χ0) is 14.0. The maximum Gasteiger partial charge on any atom is 0.391 e. The summed E-state index contributed by atoms with van der Waals surface area (Å²) >= 11 is 5.81. The van der Waals surface area contributed by atoms with Crippen LogP contribution in [-0.2, 0) is 6.54 Å². The molecule has 19 heavy (non-hydrogen) atoms. The number of hydrogen-bond donors (Lipinski definition) is 1. The zero-order valence-corrected chi connectivity index (χ0v) is 11.1. The molecule has 1 aliphatic heterocycles. The number of piperidine rings is 1. The van der Waals surface area contributed by atoms with E-state index in [-0.39, 0.29) is 12.8 Å². The van der Waals surface area contributed by atoms with Crippen molar-refractivity contribution in [3.8, 4) is 0 Å². The van der Waals surface area contributed by atoms with Gasteiger partial charge in [0.1, 0.15) is 0 Å². The van der Waals surface area contributed by atoms with Gasteiger partial charge in [-0.25, -0.2) is 0 Å². The maximum absolute atomic E-state index is 12.6. The minimum Gasteiger partial charge on any atom is -0.398 e. The quantitative estimate of drug-likeness (QED) is 0.842. The molecule has 1 heterocycles. The van der Waals surface area contributed by atoms with Gasteiger partial charge in [0.2, 0.25) is 0 Å². The van der Waals surface area contributed by atoms with Crippen molar-refractivity contribution < 1.29 is 13.2 Å². The van der Waals surface area contributed by atoms with Crippen molar-refractivity contribution in [3.05, 3.63) is 28.8 Å². The average molecular weight is 293 g/mol. The van der Waals surface area contributed by atoms with Gasteiger partial charge in [0, 0.05) is 17.3 Å². The minimum absolute atomic E-state index is 0.164. The van der Waals surface area contributed by atoms with Crippen LogP contribution in [0.15, 0.2) is 18.2 Å². The average Bonchev–Trinajstić information content (AvgIpc) is 2.32. The van der Waals surface area contributed by atoms with E-state index in [1.165, 1.54) is 0 Å². The highest BCUT2D eigenvalue weighted by Gasteiger charge is 2.40. The summed E-state index contributed by atoms with van der Waals surface area (Å²) < 4.78 is 37.7. The fourth-order valence-corrected chi connectivity index (χ4v) is 2.55. The molecule has 0 radical (unpaired) electrons. The molecule has 0 unspecified atom stereocenters. The second-order valence-corrected chi connectivity index (χ2v) is 5.37. The Morgan fingerprint density at radius 3 is 2.42 bits per heavy atom. The molecule has 2 N–H and O–H groups in total. The zero-order valence-electron chi connectivity index (χ0n) is 10.4. The fraction of sp³-hybridized carbons (Fsp3) is 0.538. The van der Waals surface area contributed by atoms with Crippen LogP contribution in [0.3, 0.4) is 0 Å². The lowest BCUT2D eigenvalue weighted by atomic mass is 9.96. The predicted octanol–water partition coefficient (Wildman–Crippen LogP) is 3.70. The maximum atomic E-state index is 12.6. The Balaban J connectivity index is 1.92. The first kappa shape index (κ1) is 14.5. The fourth-order valence-electron chi connectivity index (χ4n) is 2.37. The van der Waals surface area contributed by atoms with Gasteiger partial charge in [-0.1, -0.05) is 17.7 Å². The van der Waals surface area contributed by atoms with Crippen molar-refractivity contribution in [2.45, 2.75) is 25.6 Å². The summed E-state index contributed by atoms with van der Waals surface area (Å²) in [7, 11) is 0. The van der Waals surface area contributed by atoms with E-state index in [4.69, 9.17) is 17.3 Å². The Morgan fingerprint density at radius 1 is 1.26 bits per heavy atom. The molecule has 1 saturated heterocycles. The first-order valence-electron chi connectivity index (χ1n) is 6.19. The predicted molar refractivity (Wildman–Crippen MR) is 69.9 cm³/mol. The van der Waals surface area contributed by atoms with Crippen LogP contribution < -0.4 is 5.73 Å². The van der Waals surface area contributed by atoms with Crippen molar-refractivity contribution in [1.82, 2.24) is 4.90 Å². The Morgan fingerprint density at radius 2 is 1.89 bits per heavy atom. The third kappa shape index (κ3) is 3.76. The van der Waals surface area contributed by atoms with Crippen LogP contribution in [0, 0.1) is 5.92 Å². The van der Waals surface area contributed by atoms with Crippen LogP contribution in [0.4, 0.5) is 18.9 Å². The highest BCUT2D eigenvalue weighted by atomic mass is 35.5. The highest BCUT2D eigenvalue weighted by molar-refractivity contribution is 6.30. The van der Waals surface area contributed by atoms with Crippen LogP contribution in [-0.4, -0.2) is 24.2 Å². The number of alkyl halides is 3. The van der Waals surface area contributed by atoms with Crippen LogP contribution in [0.25, 0.3) is 0 Å². The number of anilines is 1. The molecule has 2 rings (SSSR count). The Labute approximate surface area is 115 Å². The van der Waals surface area contributed by atoms with Gasteiger partial charge in [-0.3, -0.25) is 4.90 Å². The molecule has 0 atom stereocenters. The van der Waals surface area contributed by atoms with E-state index >= 15 is 0 Å². The lowest BCUT2D eigenvalue weighted by molar-refractivity contribution is -0.185. The number of nitrogen functional groups attached to an aromatic ring is 1. The van der Waals surface area contributed by atoms with Crippen molar-refractivity contribution in [3.63, 3.8) is 0 Å². The molecule has 0 aromatic heterocycles. The summed E-state index contributed by atoms with van der Waals surface area (Å²) in [6.45, 7) is 1.48. The summed E-state index contributed by atoms with van der Waals surface area (Å²) in [5.74, 6) is -1.16. The lowest BCUT2D eigenvalue weighted by Crippen LogP contribution is -2.38. The van der Waals surface area contributed by atoms with Gasteiger partial charge >= 0.3 is 6.18 Å². The van der Waals surface area contributed by atoms with E-state index in [0.717, 1.165) is 5.56 Å². The second kappa shape index (κ2) is 5.59. The van der Waals surface area contributed by atoms with E-state index in [1.54, 1.807) is 12.1 Å². The topological polar surface area (TPSA) is 29.3 Å². The van der Waals surface area contributed by atoms with Crippen molar-refractivity contribution in [2.24, 2.45) is 5.92 Å². The monoisotopic (exact) mass is 292 g/mol.